The highest BCUT2D eigenvalue weighted by atomic mass is 16.4. The molecule has 2 unspecified atom stereocenters. The lowest BCUT2D eigenvalue weighted by atomic mass is 9.95. The van der Waals surface area contributed by atoms with Crippen LogP contribution in [0.2, 0.25) is 0 Å². The minimum absolute atomic E-state index is 0.0458. The van der Waals surface area contributed by atoms with E-state index in [9.17, 15) is 39.6 Å². The van der Waals surface area contributed by atoms with E-state index >= 15 is 0 Å². The molecule has 0 bridgehead atoms. The number of unbranched alkanes of at least 4 members (excludes halogenated alkanes) is 1. The Morgan fingerprint density at radius 2 is 1.53 bits per heavy atom. The van der Waals surface area contributed by atoms with Crippen molar-refractivity contribution in [3.05, 3.63) is 0 Å². The summed E-state index contributed by atoms with van der Waals surface area (Å²) in [5.41, 5.74) is -1.05. The number of hydrogen-bond acceptors (Lipinski definition) is 8. The first-order valence-corrected chi connectivity index (χ1v) is 12.6. The van der Waals surface area contributed by atoms with Crippen LogP contribution in [0, 0.1) is 0 Å². The molecule has 0 aromatic rings. The molecule has 12 nitrogen and oxygen atoms in total. The monoisotopic (exact) mass is 516 g/mol. The van der Waals surface area contributed by atoms with Gasteiger partial charge in [0.1, 0.15) is 6.04 Å². The van der Waals surface area contributed by atoms with Gasteiger partial charge in [-0.3, -0.25) is 33.9 Å². The molecule has 0 saturated carbocycles. The smallest absolute Gasteiger partial charge is 0.320 e. The average Bonchev–Trinajstić information content (AvgIpc) is 2.93. The molecule has 1 aliphatic heterocycles. The van der Waals surface area contributed by atoms with Crippen molar-refractivity contribution in [3.63, 3.8) is 0 Å². The zero-order valence-corrected chi connectivity index (χ0v) is 22.0. The summed E-state index contributed by atoms with van der Waals surface area (Å²) in [6.07, 6.45) is 3.80. The largest absolute Gasteiger partial charge is 0.480 e. The Labute approximate surface area is 213 Å². The first kappa shape index (κ1) is 31.7. The number of nitrogens with one attached hydrogen (secondary N) is 1. The van der Waals surface area contributed by atoms with E-state index in [1.165, 1.54) is 4.90 Å². The fraction of sp³-hybridized carbons (Fsp3) is 0.833. The molecule has 2 atom stereocenters. The lowest BCUT2D eigenvalue weighted by molar-refractivity contribution is -0.149. The van der Waals surface area contributed by atoms with Crippen LogP contribution in [0.15, 0.2) is 0 Å². The molecule has 208 valence electrons. The molecule has 0 amide bonds. The van der Waals surface area contributed by atoms with Gasteiger partial charge in [-0.2, -0.15) is 0 Å². The fourth-order valence-electron chi connectivity index (χ4n) is 4.77. The van der Waals surface area contributed by atoms with Gasteiger partial charge < -0.3 is 25.7 Å². The fourth-order valence-corrected chi connectivity index (χ4v) is 4.77. The van der Waals surface area contributed by atoms with Crippen molar-refractivity contribution < 1.29 is 39.6 Å². The van der Waals surface area contributed by atoms with Gasteiger partial charge in [-0.25, -0.2) is 0 Å². The number of carboxylic acid groups (broad SMARTS) is 4. The van der Waals surface area contributed by atoms with Gasteiger partial charge in [-0.1, -0.05) is 20.3 Å². The quantitative estimate of drug-likeness (QED) is 0.172. The molecule has 0 spiro atoms. The van der Waals surface area contributed by atoms with Gasteiger partial charge in [-0.15, -0.1) is 0 Å². The van der Waals surface area contributed by atoms with Crippen LogP contribution in [-0.4, -0.2) is 128 Å². The van der Waals surface area contributed by atoms with E-state index < -0.39 is 48.5 Å². The third-order valence-electron chi connectivity index (χ3n) is 7.33. The van der Waals surface area contributed by atoms with E-state index in [0.29, 0.717) is 12.8 Å². The summed E-state index contributed by atoms with van der Waals surface area (Å²) >= 11 is 0. The maximum absolute atomic E-state index is 12.3. The summed E-state index contributed by atoms with van der Waals surface area (Å²) in [6, 6.07) is -0.852. The summed E-state index contributed by atoms with van der Waals surface area (Å²) in [7, 11) is 0. The number of hydrogen-bond donors (Lipinski definition) is 5. The molecular weight excluding hydrogens is 472 g/mol. The molecule has 0 aliphatic carbocycles. The maximum Gasteiger partial charge on any atom is 0.320 e. The molecule has 36 heavy (non-hydrogen) atoms. The van der Waals surface area contributed by atoms with Crippen molar-refractivity contribution in [2.45, 2.75) is 76.9 Å². The van der Waals surface area contributed by atoms with Crippen LogP contribution in [0.3, 0.4) is 0 Å². The van der Waals surface area contributed by atoms with Crippen LogP contribution in [0.4, 0.5) is 0 Å². The Hall–Kier alpha value is -2.28. The van der Waals surface area contributed by atoms with Gasteiger partial charge in [0.05, 0.1) is 19.6 Å². The zero-order chi connectivity index (χ0) is 27.5. The highest BCUT2D eigenvalue weighted by Crippen LogP contribution is 2.25. The average molecular weight is 517 g/mol. The molecular formula is C24H44N4O8. The molecule has 1 fully saturated rings. The van der Waals surface area contributed by atoms with Crippen molar-refractivity contribution in [2.24, 2.45) is 0 Å². The first-order chi connectivity index (χ1) is 16.7. The lowest BCUT2D eigenvalue weighted by Crippen LogP contribution is -2.61. The molecule has 1 heterocycles. The highest BCUT2D eigenvalue weighted by Gasteiger charge is 2.42. The van der Waals surface area contributed by atoms with Gasteiger partial charge in [0.15, 0.2) is 0 Å². The SMILES string of the molecule is CCC(C)(CC)NCCCCC(C(=O)O)N1CCN(CC(=O)O)CC(C)(N(CC(=O)O)CC(=O)O)C1. The number of nitrogens with zero attached hydrogens (tertiary/aromatic N) is 3. The number of rotatable bonds is 17. The van der Waals surface area contributed by atoms with E-state index in [2.05, 4.69) is 26.1 Å². The van der Waals surface area contributed by atoms with Crippen LogP contribution in [-0.2, 0) is 19.2 Å². The molecule has 0 aromatic carbocycles. The second-order valence-corrected chi connectivity index (χ2v) is 10.3. The van der Waals surface area contributed by atoms with Gasteiger partial charge in [0.2, 0.25) is 0 Å². The lowest BCUT2D eigenvalue weighted by Gasteiger charge is -2.43. The second kappa shape index (κ2) is 14.5. The van der Waals surface area contributed by atoms with Gasteiger partial charge >= 0.3 is 23.9 Å². The Morgan fingerprint density at radius 1 is 0.944 bits per heavy atom. The number of carbonyl (C=O) groups is 4. The minimum atomic E-state index is -1.22. The van der Waals surface area contributed by atoms with Crippen molar-refractivity contribution in [1.82, 2.24) is 20.0 Å². The maximum atomic E-state index is 12.3. The van der Waals surface area contributed by atoms with E-state index in [0.717, 1.165) is 25.8 Å². The van der Waals surface area contributed by atoms with Crippen LogP contribution in [0.25, 0.3) is 0 Å². The van der Waals surface area contributed by atoms with Crippen LogP contribution in [0.1, 0.15) is 59.8 Å². The summed E-state index contributed by atoms with van der Waals surface area (Å²) in [5, 5.41) is 41.7. The predicted molar refractivity (Wildman–Crippen MR) is 133 cm³/mol. The van der Waals surface area contributed by atoms with E-state index in [-0.39, 0.29) is 38.3 Å². The van der Waals surface area contributed by atoms with Crippen molar-refractivity contribution in [2.75, 3.05) is 52.4 Å². The third-order valence-corrected chi connectivity index (χ3v) is 7.33. The number of carboxylic acids is 4. The molecule has 12 heteroatoms. The molecule has 1 rings (SSSR count). The van der Waals surface area contributed by atoms with Crippen LogP contribution < -0.4 is 5.32 Å². The van der Waals surface area contributed by atoms with E-state index in [1.807, 2.05) is 0 Å². The molecule has 5 N–H and O–H groups in total. The minimum Gasteiger partial charge on any atom is -0.480 e. The van der Waals surface area contributed by atoms with E-state index in [4.69, 9.17) is 0 Å². The Kier molecular flexibility index (Phi) is 12.8. The molecule has 0 radical (unpaired) electrons. The summed E-state index contributed by atoms with van der Waals surface area (Å²) < 4.78 is 0. The zero-order valence-electron chi connectivity index (χ0n) is 22.0. The number of aliphatic carboxylic acids is 4. The summed E-state index contributed by atoms with van der Waals surface area (Å²) in [4.78, 5) is 51.3. The summed E-state index contributed by atoms with van der Waals surface area (Å²) in [6.45, 7) is 8.15. The van der Waals surface area contributed by atoms with Gasteiger partial charge in [0, 0.05) is 37.3 Å². The van der Waals surface area contributed by atoms with E-state index in [1.54, 1.807) is 16.7 Å². The van der Waals surface area contributed by atoms with Crippen LogP contribution >= 0.6 is 0 Å². The first-order valence-electron chi connectivity index (χ1n) is 12.6. The summed E-state index contributed by atoms with van der Waals surface area (Å²) in [5.74, 6) is -4.51. The Balaban J connectivity index is 3.07. The standard InChI is InChI=1S/C24H44N4O8/c1-5-23(3,6-2)25-10-8-7-9-18(22(35)36)27-12-11-26(13-19(29)30)16-24(4,17-27)28(14-20(31)32)15-21(33)34/h18,25H,5-17H2,1-4H3,(H,29,30)(H,31,32)(H,33,34)(H,35,36). The second-order valence-electron chi connectivity index (χ2n) is 10.3. The van der Waals surface area contributed by atoms with Gasteiger partial charge in [-0.05, 0) is 46.1 Å². The van der Waals surface area contributed by atoms with Crippen molar-refractivity contribution in [3.8, 4) is 0 Å². The normalized spacial score (nSPS) is 20.7. The van der Waals surface area contributed by atoms with Gasteiger partial charge in [0.25, 0.3) is 0 Å². The molecule has 0 aromatic heterocycles. The van der Waals surface area contributed by atoms with Crippen LogP contribution in [0.5, 0.6) is 0 Å². The van der Waals surface area contributed by atoms with Crippen molar-refractivity contribution in [1.29, 1.82) is 0 Å². The predicted octanol–water partition coefficient (Wildman–Crippen LogP) is 0.710. The molecule has 1 saturated heterocycles. The van der Waals surface area contributed by atoms with Crippen molar-refractivity contribution >= 4 is 23.9 Å². The highest BCUT2D eigenvalue weighted by molar-refractivity contribution is 5.74. The Bertz CT molecular complexity index is 744. The topological polar surface area (TPSA) is 171 Å². The Morgan fingerprint density at radius 3 is 2.00 bits per heavy atom. The third kappa shape index (κ3) is 10.4. The molecule has 1 aliphatic rings.